The Hall–Kier alpha value is -2.55. The maximum absolute atomic E-state index is 12.7. The number of aromatic nitrogens is 3. The Balaban J connectivity index is 1.30. The zero-order valence-electron chi connectivity index (χ0n) is 17.6. The first-order valence-electron chi connectivity index (χ1n) is 10.9. The minimum atomic E-state index is -0.0155. The van der Waals surface area contributed by atoms with Crippen LogP contribution in [0.4, 0.5) is 11.6 Å². The van der Waals surface area contributed by atoms with Crippen LogP contribution in [-0.2, 0) is 11.3 Å². The Kier molecular flexibility index (Phi) is 6.08. The number of rotatable bonds is 5. The highest BCUT2D eigenvalue weighted by Crippen LogP contribution is 2.24. The largest absolute Gasteiger partial charge is 0.366 e. The molecule has 0 aliphatic carbocycles. The van der Waals surface area contributed by atoms with E-state index >= 15 is 0 Å². The lowest BCUT2D eigenvalue weighted by atomic mass is 10.2. The molecule has 1 atom stereocenters. The van der Waals surface area contributed by atoms with Crippen molar-refractivity contribution in [1.82, 2.24) is 24.8 Å². The van der Waals surface area contributed by atoms with E-state index in [2.05, 4.69) is 20.6 Å². The maximum atomic E-state index is 12.7. The van der Waals surface area contributed by atoms with E-state index in [4.69, 9.17) is 28.2 Å². The van der Waals surface area contributed by atoms with Gasteiger partial charge in [0.25, 0.3) is 0 Å². The number of nitrogens with zero attached hydrogens (tertiary/aromatic N) is 5. The number of halogens is 2. The minimum Gasteiger partial charge on any atom is -0.366 e. The van der Waals surface area contributed by atoms with E-state index in [-0.39, 0.29) is 11.9 Å². The van der Waals surface area contributed by atoms with E-state index < -0.39 is 0 Å². The molecule has 168 valence electrons. The smallest absolute Gasteiger partial charge is 0.239 e. The van der Waals surface area contributed by atoms with Crippen molar-refractivity contribution in [2.24, 2.45) is 0 Å². The maximum Gasteiger partial charge on any atom is 0.239 e. The lowest BCUT2D eigenvalue weighted by Gasteiger charge is -2.36. The molecule has 32 heavy (non-hydrogen) atoms. The molecule has 8 nitrogen and oxygen atoms in total. The summed E-state index contributed by atoms with van der Waals surface area (Å²) in [7, 11) is 0. The molecule has 2 aromatic heterocycles. The van der Waals surface area contributed by atoms with Crippen molar-refractivity contribution >= 4 is 46.4 Å². The molecule has 2 saturated heterocycles. The first-order valence-corrected chi connectivity index (χ1v) is 11.6. The van der Waals surface area contributed by atoms with Gasteiger partial charge in [0.1, 0.15) is 11.6 Å². The molecule has 2 fully saturated rings. The quantitative estimate of drug-likeness (QED) is 0.592. The number of fused-ring (bicyclic) bond motifs is 1. The van der Waals surface area contributed by atoms with Gasteiger partial charge in [0.05, 0.1) is 12.2 Å². The minimum absolute atomic E-state index is 0.0155. The van der Waals surface area contributed by atoms with Crippen LogP contribution in [0.1, 0.15) is 18.4 Å². The first kappa shape index (κ1) is 21.3. The molecule has 3 aromatic rings. The summed E-state index contributed by atoms with van der Waals surface area (Å²) in [6, 6.07) is 9.35. The number of hydrogen-bond donors (Lipinski definition) is 2. The predicted molar refractivity (Wildman–Crippen MR) is 127 cm³/mol. The number of benzene rings is 1. The molecule has 1 amide bonds. The van der Waals surface area contributed by atoms with Crippen LogP contribution in [0.3, 0.4) is 0 Å². The second-order valence-electron chi connectivity index (χ2n) is 8.15. The SMILES string of the molecule is O=C([C@H]1CCCN1)N1CCN(c2cc(NCc3ccc(Cl)cc3Cl)n3nccc3n2)CC1. The lowest BCUT2D eigenvalue weighted by Crippen LogP contribution is -2.53. The molecule has 5 rings (SSSR count). The molecule has 4 heterocycles. The summed E-state index contributed by atoms with van der Waals surface area (Å²) in [6.07, 6.45) is 3.74. The summed E-state index contributed by atoms with van der Waals surface area (Å²) < 4.78 is 1.78. The second-order valence-corrected chi connectivity index (χ2v) is 8.99. The van der Waals surface area contributed by atoms with Crippen LogP contribution in [0.25, 0.3) is 5.65 Å². The van der Waals surface area contributed by atoms with E-state index in [1.807, 2.05) is 29.2 Å². The number of hydrogen-bond acceptors (Lipinski definition) is 6. The van der Waals surface area contributed by atoms with Crippen molar-refractivity contribution in [2.45, 2.75) is 25.4 Å². The van der Waals surface area contributed by atoms with Crippen LogP contribution in [-0.4, -0.2) is 64.2 Å². The van der Waals surface area contributed by atoms with Crippen LogP contribution in [0.5, 0.6) is 0 Å². The van der Waals surface area contributed by atoms with Gasteiger partial charge in [0.15, 0.2) is 5.65 Å². The molecule has 0 saturated carbocycles. The van der Waals surface area contributed by atoms with Crippen molar-refractivity contribution in [1.29, 1.82) is 0 Å². The molecule has 1 aromatic carbocycles. The monoisotopic (exact) mass is 473 g/mol. The molecular weight excluding hydrogens is 449 g/mol. The number of carbonyl (C=O) groups is 1. The second kappa shape index (κ2) is 9.13. The molecule has 0 radical (unpaired) electrons. The molecule has 2 N–H and O–H groups in total. The highest BCUT2D eigenvalue weighted by atomic mass is 35.5. The number of amides is 1. The van der Waals surface area contributed by atoms with Gasteiger partial charge >= 0.3 is 0 Å². The number of carbonyl (C=O) groups excluding carboxylic acids is 1. The Bertz CT molecular complexity index is 1120. The van der Waals surface area contributed by atoms with Gasteiger partial charge in [-0.25, -0.2) is 4.98 Å². The molecule has 10 heteroatoms. The van der Waals surface area contributed by atoms with Crippen molar-refractivity contribution in [3.8, 4) is 0 Å². The number of anilines is 2. The Labute approximate surface area is 196 Å². The Morgan fingerprint density at radius 3 is 2.75 bits per heavy atom. The molecule has 0 bridgehead atoms. The standard InChI is InChI=1S/C22H25Cl2N7O/c23-16-4-3-15(17(24)12-16)14-26-20-13-21(28-19-5-7-27-31(19)20)29-8-10-30(11-9-29)22(32)18-2-1-6-25-18/h3-5,7,12-13,18,25-26H,1-2,6,8-11,14H2/t18-/m1/s1. The van der Waals surface area contributed by atoms with Crippen LogP contribution in [0.15, 0.2) is 36.5 Å². The number of piperazine rings is 1. The van der Waals surface area contributed by atoms with Crippen molar-refractivity contribution in [2.75, 3.05) is 42.9 Å². The van der Waals surface area contributed by atoms with Crippen LogP contribution >= 0.6 is 23.2 Å². The molecular formula is C22H25Cl2N7O. The van der Waals surface area contributed by atoms with Gasteiger partial charge in [-0.1, -0.05) is 29.3 Å². The lowest BCUT2D eigenvalue weighted by molar-refractivity contribution is -0.133. The summed E-state index contributed by atoms with van der Waals surface area (Å²) in [4.78, 5) is 21.7. The fraction of sp³-hybridized carbons (Fsp3) is 0.409. The third kappa shape index (κ3) is 4.35. The zero-order valence-corrected chi connectivity index (χ0v) is 19.1. The third-order valence-electron chi connectivity index (χ3n) is 6.09. The van der Waals surface area contributed by atoms with E-state index in [0.717, 1.165) is 55.3 Å². The summed E-state index contributed by atoms with van der Waals surface area (Å²) in [5.74, 6) is 1.92. The number of nitrogens with one attached hydrogen (secondary N) is 2. The van der Waals surface area contributed by atoms with Gasteiger partial charge in [-0.2, -0.15) is 9.61 Å². The molecule has 2 aliphatic heterocycles. The average Bonchev–Trinajstić information content (AvgIpc) is 3.50. The topological polar surface area (TPSA) is 77.8 Å². The highest BCUT2D eigenvalue weighted by Gasteiger charge is 2.29. The highest BCUT2D eigenvalue weighted by molar-refractivity contribution is 6.35. The molecule has 0 unspecified atom stereocenters. The Morgan fingerprint density at radius 1 is 1.16 bits per heavy atom. The summed E-state index contributed by atoms with van der Waals surface area (Å²) in [6.45, 7) is 4.36. The van der Waals surface area contributed by atoms with Gasteiger partial charge < -0.3 is 20.4 Å². The van der Waals surface area contributed by atoms with E-state index in [1.165, 1.54) is 0 Å². The van der Waals surface area contributed by atoms with Gasteiger partial charge in [-0.15, -0.1) is 0 Å². The predicted octanol–water partition coefficient (Wildman–Crippen LogP) is 3.05. The zero-order chi connectivity index (χ0) is 22.1. The van der Waals surface area contributed by atoms with Crippen LogP contribution in [0, 0.1) is 0 Å². The molecule has 2 aliphatic rings. The van der Waals surface area contributed by atoms with E-state index in [0.29, 0.717) is 29.7 Å². The summed E-state index contributed by atoms with van der Waals surface area (Å²) >= 11 is 12.3. The summed E-state index contributed by atoms with van der Waals surface area (Å²) in [5.41, 5.74) is 1.71. The average molecular weight is 474 g/mol. The third-order valence-corrected chi connectivity index (χ3v) is 6.68. The van der Waals surface area contributed by atoms with Crippen molar-refractivity contribution in [3.63, 3.8) is 0 Å². The molecule has 0 spiro atoms. The fourth-order valence-corrected chi connectivity index (χ4v) is 4.79. The van der Waals surface area contributed by atoms with Gasteiger partial charge in [-0.3, -0.25) is 4.79 Å². The Morgan fingerprint density at radius 2 is 2.00 bits per heavy atom. The van der Waals surface area contributed by atoms with Gasteiger partial charge in [0, 0.05) is 54.9 Å². The van der Waals surface area contributed by atoms with Crippen LogP contribution in [0.2, 0.25) is 10.0 Å². The normalized spacial score (nSPS) is 19.0. The van der Waals surface area contributed by atoms with Crippen molar-refractivity contribution in [3.05, 3.63) is 52.1 Å². The van der Waals surface area contributed by atoms with Gasteiger partial charge in [0.2, 0.25) is 5.91 Å². The first-order chi connectivity index (χ1) is 15.6. The summed E-state index contributed by atoms with van der Waals surface area (Å²) in [5, 5.41) is 12.4. The fourth-order valence-electron chi connectivity index (χ4n) is 4.31. The van der Waals surface area contributed by atoms with Crippen LogP contribution < -0.4 is 15.5 Å². The van der Waals surface area contributed by atoms with E-state index in [1.54, 1.807) is 16.8 Å². The van der Waals surface area contributed by atoms with E-state index in [9.17, 15) is 4.79 Å². The van der Waals surface area contributed by atoms with Gasteiger partial charge in [-0.05, 0) is 37.1 Å². The van der Waals surface area contributed by atoms with Crippen molar-refractivity contribution < 1.29 is 4.79 Å².